The molecule has 4 rings (SSSR count). The van der Waals surface area contributed by atoms with Gasteiger partial charge in [-0.15, -0.1) is 0 Å². The van der Waals surface area contributed by atoms with Crippen LogP contribution in [-0.4, -0.2) is 41.0 Å². The number of nitrogen functional groups attached to an aromatic ring is 1. The zero-order valence-electron chi connectivity index (χ0n) is 20.1. The molecule has 1 aromatic heterocycles. The Labute approximate surface area is 201 Å². The number of carbonyl (C=O) groups is 2. The van der Waals surface area contributed by atoms with Gasteiger partial charge in [0.25, 0.3) is 5.91 Å². The third-order valence-corrected chi connectivity index (χ3v) is 6.98. The second-order valence-corrected chi connectivity index (χ2v) is 9.51. The molecule has 1 fully saturated rings. The van der Waals surface area contributed by atoms with Crippen LogP contribution in [0.15, 0.2) is 30.6 Å². The van der Waals surface area contributed by atoms with E-state index in [1.807, 2.05) is 12.1 Å². The van der Waals surface area contributed by atoms with Crippen LogP contribution in [0.2, 0.25) is 0 Å². The van der Waals surface area contributed by atoms with Crippen molar-refractivity contribution in [3.63, 3.8) is 0 Å². The Morgan fingerprint density at radius 1 is 1.21 bits per heavy atom. The van der Waals surface area contributed by atoms with Gasteiger partial charge in [-0.2, -0.15) is 0 Å². The zero-order chi connectivity index (χ0) is 24.1. The molecule has 8 heteroatoms. The van der Waals surface area contributed by atoms with Crippen molar-refractivity contribution >= 4 is 23.3 Å². The first-order chi connectivity index (χ1) is 16.5. The van der Waals surface area contributed by atoms with Crippen LogP contribution in [0, 0.1) is 5.92 Å². The van der Waals surface area contributed by atoms with E-state index in [9.17, 15) is 9.59 Å². The molecule has 2 aromatic rings. The van der Waals surface area contributed by atoms with Crippen LogP contribution >= 0.6 is 0 Å². The molecule has 2 heterocycles. The van der Waals surface area contributed by atoms with Crippen LogP contribution in [0.4, 0.5) is 11.5 Å². The molecule has 182 valence electrons. The number of aromatic nitrogens is 2. The van der Waals surface area contributed by atoms with Crippen LogP contribution in [0.25, 0.3) is 0 Å². The number of amides is 2. The molecule has 8 nitrogen and oxygen atoms in total. The van der Waals surface area contributed by atoms with Crippen molar-refractivity contribution in [2.75, 3.05) is 23.8 Å². The van der Waals surface area contributed by atoms with Crippen LogP contribution in [-0.2, 0) is 4.79 Å². The number of benzene rings is 1. The second kappa shape index (κ2) is 10.8. The molecule has 0 bridgehead atoms. The first kappa shape index (κ1) is 24.0. The highest BCUT2D eigenvalue weighted by Gasteiger charge is 2.29. The summed E-state index contributed by atoms with van der Waals surface area (Å²) in [5.41, 5.74) is 8.24. The number of anilines is 2. The van der Waals surface area contributed by atoms with E-state index in [0.29, 0.717) is 31.4 Å². The van der Waals surface area contributed by atoms with Crippen LogP contribution in [0.3, 0.4) is 0 Å². The Morgan fingerprint density at radius 2 is 1.94 bits per heavy atom. The maximum atomic E-state index is 13.1. The number of carbonyl (C=O) groups excluding carboxylic acids is 2. The average molecular weight is 466 g/mol. The fraction of sp³-hybridized carbons (Fsp3) is 0.538. The monoisotopic (exact) mass is 465 g/mol. The minimum Gasteiger partial charge on any atom is -0.475 e. The number of rotatable bonds is 7. The quantitative estimate of drug-likeness (QED) is 0.638. The molecular weight excluding hydrogens is 430 g/mol. The molecule has 0 saturated heterocycles. The summed E-state index contributed by atoms with van der Waals surface area (Å²) in [6, 6.07) is 8.47. The van der Waals surface area contributed by atoms with Crippen molar-refractivity contribution in [2.45, 2.75) is 70.8 Å². The van der Waals surface area contributed by atoms with E-state index in [4.69, 9.17) is 10.5 Å². The summed E-state index contributed by atoms with van der Waals surface area (Å²) in [6.07, 6.45) is 8.35. The van der Waals surface area contributed by atoms with E-state index < -0.39 is 0 Å². The average Bonchev–Trinajstić information content (AvgIpc) is 2.99. The summed E-state index contributed by atoms with van der Waals surface area (Å²) in [6.45, 7) is 4.97. The molecule has 3 N–H and O–H groups in total. The molecule has 1 saturated carbocycles. The molecule has 0 radical (unpaired) electrons. The second-order valence-electron chi connectivity index (χ2n) is 9.51. The molecule has 1 atom stereocenters. The summed E-state index contributed by atoms with van der Waals surface area (Å²) in [5, 5.41) is 3.13. The molecule has 2 aliphatic rings. The maximum Gasteiger partial charge on any atom is 0.267 e. The van der Waals surface area contributed by atoms with Crippen molar-refractivity contribution in [1.82, 2.24) is 15.3 Å². The van der Waals surface area contributed by atoms with Gasteiger partial charge in [-0.25, -0.2) is 9.97 Å². The number of nitrogens with zero attached hydrogens (tertiary/aromatic N) is 3. The van der Waals surface area contributed by atoms with Gasteiger partial charge in [0.1, 0.15) is 24.3 Å². The normalized spacial score (nSPS) is 21.2. The summed E-state index contributed by atoms with van der Waals surface area (Å²) in [7, 11) is 0. The van der Waals surface area contributed by atoms with Gasteiger partial charge < -0.3 is 20.7 Å². The number of ether oxygens (including phenoxy) is 1. The van der Waals surface area contributed by atoms with Gasteiger partial charge in [-0.1, -0.05) is 25.5 Å². The Hall–Kier alpha value is -3.16. The Bertz CT molecular complexity index is 1000. The van der Waals surface area contributed by atoms with E-state index in [1.165, 1.54) is 11.9 Å². The third kappa shape index (κ3) is 5.48. The zero-order valence-corrected chi connectivity index (χ0v) is 20.1. The van der Waals surface area contributed by atoms with E-state index in [1.54, 1.807) is 4.90 Å². The maximum absolute atomic E-state index is 13.1. The van der Waals surface area contributed by atoms with Crippen LogP contribution < -0.4 is 20.7 Å². The SMILES string of the molecule is CCC[C@H](C)NC(=O)CC1CCC(c2ccc(N3CCOc4ncnc(N)c4C3=O)cc2)CC1. The lowest BCUT2D eigenvalue weighted by Gasteiger charge is -2.29. The predicted molar refractivity (Wildman–Crippen MR) is 132 cm³/mol. The molecule has 2 amide bonds. The summed E-state index contributed by atoms with van der Waals surface area (Å²) in [4.78, 5) is 35.1. The summed E-state index contributed by atoms with van der Waals surface area (Å²) < 4.78 is 5.62. The fourth-order valence-electron chi connectivity index (χ4n) is 5.14. The lowest BCUT2D eigenvalue weighted by Crippen LogP contribution is -2.34. The van der Waals surface area contributed by atoms with Crippen LogP contribution in [0.1, 0.15) is 80.6 Å². The standard InChI is InChI=1S/C26H35N5O3/c1-3-4-17(2)30-22(32)15-18-5-7-19(8-6-18)20-9-11-21(12-10-20)31-13-14-34-25-23(26(31)33)24(27)28-16-29-25/h9-12,16-19H,3-8,13-15H2,1-2H3,(H,30,32)(H2,27,28,29)/t17-,18?,19?/m0/s1. The fourth-order valence-corrected chi connectivity index (χ4v) is 5.14. The first-order valence-corrected chi connectivity index (χ1v) is 12.4. The van der Waals surface area contributed by atoms with Gasteiger partial charge >= 0.3 is 0 Å². The minimum atomic E-state index is -0.245. The highest BCUT2D eigenvalue weighted by molar-refractivity contribution is 6.10. The molecule has 0 unspecified atom stereocenters. The van der Waals surface area contributed by atoms with Crippen molar-refractivity contribution in [3.05, 3.63) is 41.7 Å². The van der Waals surface area contributed by atoms with Gasteiger partial charge in [-0.05, 0) is 68.6 Å². The van der Waals surface area contributed by atoms with Crippen molar-refractivity contribution < 1.29 is 14.3 Å². The summed E-state index contributed by atoms with van der Waals surface area (Å²) in [5.74, 6) is 1.26. The molecule has 1 aliphatic heterocycles. The van der Waals surface area contributed by atoms with Crippen molar-refractivity contribution in [1.29, 1.82) is 0 Å². The van der Waals surface area contributed by atoms with Gasteiger partial charge in [0.2, 0.25) is 11.8 Å². The lowest BCUT2D eigenvalue weighted by molar-refractivity contribution is -0.122. The van der Waals surface area contributed by atoms with E-state index in [0.717, 1.165) is 44.2 Å². The highest BCUT2D eigenvalue weighted by Crippen LogP contribution is 2.38. The number of nitrogens with one attached hydrogen (secondary N) is 1. The topological polar surface area (TPSA) is 110 Å². The van der Waals surface area contributed by atoms with E-state index in [-0.39, 0.29) is 35.1 Å². The third-order valence-electron chi connectivity index (χ3n) is 6.98. The van der Waals surface area contributed by atoms with E-state index in [2.05, 4.69) is 41.3 Å². The number of hydrogen-bond acceptors (Lipinski definition) is 6. The van der Waals surface area contributed by atoms with Crippen LogP contribution in [0.5, 0.6) is 5.88 Å². The minimum absolute atomic E-state index is 0.129. The highest BCUT2D eigenvalue weighted by atomic mass is 16.5. The van der Waals surface area contributed by atoms with Gasteiger partial charge in [-0.3, -0.25) is 9.59 Å². The molecule has 1 aliphatic carbocycles. The Morgan fingerprint density at radius 3 is 2.65 bits per heavy atom. The molecule has 0 spiro atoms. The summed E-state index contributed by atoms with van der Waals surface area (Å²) >= 11 is 0. The number of hydrogen-bond donors (Lipinski definition) is 2. The molecular formula is C26H35N5O3. The van der Waals surface area contributed by atoms with E-state index >= 15 is 0 Å². The Balaban J connectivity index is 1.34. The Kier molecular flexibility index (Phi) is 7.65. The van der Waals surface area contributed by atoms with Crippen molar-refractivity contribution in [2.24, 2.45) is 5.92 Å². The largest absolute Gasteiger partial charge is 0.475 e. The van der Waals surface area contributed by atoms with Gasteiger partial charge in [0.15, 0.2) is 0 Å². The number of fused-ring (bicyclic) bond motifs is 1. The number of nitrogens with two attached hydrogens (primary N) is 1. The molecule has 1 aromatic carbocycles. The van der Waals surface area contributed by atoms with Gasteiger partial charge in [0, 0.05) is 18.2 Å². The van der Waals surface area contributed by atoms with Gasteiger partial charge in [0.05, 0.1) is 6.54 Å². The van der Waals surface area contributed by atoms with Crippen molar-refractivity contribution in [3.8, 4) is 5.88 Å². The first-order valence-electron chi connectivity index (χ1n) is 12.4. The lowest BCUT2D eigenvalue weighted by atomic mass is 9.77. The predicted octanol–water partition coefficient (Wildman–Crippen LogP) is 4.07. The smallest absolute Gasteiger partial charge is 0.267 e. The molecule has 34 heavy (non-hydrogen) atoms.